The maximum Gasteiger partial charge on any atom is 0.267 e. The van der Waals surface area contributed by atoms with Crippen molar-refractivity contribution in [3.05, 3.63) is 39.8 Å². The molecule has 1 fully saturated rings. The van der Waals surface area contributed by atoms with Crippen LogP contribution in [0, 0.1) is 11.8 Å². The molecule has 5 heteroatoms. The van der Waals surface area contributed by atoms with Crippen LogP contribution in [0.25, 0.3) is 0 Å². The summed E-state index contributed by atoms with van der Waals surface area (Å²) in [5, 5.41) is 4.51. The smallest absolute Gasteiger partial charge is 0.267 e. The monoisotopic (exact) mass is 299 g/mol. The van der Waals surface area contributed by atoms with Crippen molar-refractivity contribution < 1.29 is 4.79 Å². The second kappa shape index (κ2) is 5.38. The van der Waals surface area contributed by atoms with Crippen LogP contribution in [0.5, 0.6) is 0 Å². The molecular weight excluding hydrogens is 278 g/mol. The lowest BCUT2D eigenvalue weighted by Gasteiger charge is -2.40. The van der Waals surface area contributed by atoms with Crippen LogP contribution < -0.4 is 5.56 Å². The van der Waals surface area contributed by atoms with Crippen molar-refractivity contribution in [2.75, 3.05) is 13.1 Å². The molecule has 116 valence electrons. The first kappa shape index (κ1) is 13.7. The van der Waals surface area contributed by atoms with Crippen LogP contribution in [0.4, 0.5) is 0 Å². The number of rotatable bonds is 3. The Morgan fingerprint density at radius 3 is 2.77 bits per heavy atom. The molecule has 22 heavy (non-hydrogen) atoms. The molecule has 2 aliphatic carbocycles. The Kier molecular flexibility index (Phi) is 3.36. The predicted octanol–water partition coefficient (Wildman–Crippen LogP) is 1.16. The number of likely N-dealkylation sites (tertiary alicyclic amines) is 1. The summed E-state index contributed by atoms with van der Waals surface area (Å²) in [5.74, 6) is 0.792. The largest absolute Gasteiger partial charge is 0.342 e. The first-order valence-corrected chi connectivity index (χ1v) is 8.24. The van der Waals surface area contributed by atoms with E-state index in [1.54, 1.807) is 10.7 Å². The van der Waals surface area contributed by atoms with Gasteiger partial charge in [-0.15, -0.1) is 0 Å². The number of hydrogen-bond acceptors (Lipinski definition) is 3. The first-order chi connectivity index (χ1) is 10.7. The van der Waals surface area contributed by atoms with E-state index in [1.807, 2.05) is 4.90 Å². The maximum absolute atomic E-state index is 12.2. The Labute approximate surface area is 129 Å². The maximum atomic E-state index is 12.2. The third-order valence-corrected chi connectivity index (χ3v) is 5.08. The fourth-order valence-corrected chi connectivity index (χ4v) is 3.76. The highest BCUT2D eigenvalue weighted by Crippen LogP contribution is 2.26. The van der Waals surface area contributed by atoms with Gasteiger partial charge in [0.15, 0.2) is 0 Å². The van der Waals surface area contributed by atoms with E-state index >= 15 is 0 Å². The van der Waals surface area contributed by atoms with Crippen LogP contribution in [0.2, 0.25) is 0 Å². The molecule has 0 unspecified atom stereocenters. The highest BCUT2D eigenvalue weighted by molar-refractivity contribution is 5.80. The van der Waals surface area contributed by atoms with Crippen molar-refractivity contribution >= 4 is 5.91 Å². The van der Waals surface area contributed by atoms with Crippen molar-refractivity contribution in [2.45, 2.75) is 38.6 Å². The molecule has 4 rings (SSSR count). The molecular formula is C17H21N3O2. The standard InChI is InChI=1S/C17H21N3O2/c21-16-8-14-6-3-7-15(14)18-20(16)11-12-9-19(10-12)17(22)13-4-1-2-5-13/h1-2,8,12-13H,3-7,9-11H2. The van der Waals surface area contributed by atoms with Crippen LogP contribution in [0.1, 0.15) is 30.5 Å². The van der Waals surface area contributed by atoms with Crippen molar-refractivity contribution in [1.82, 2.24) is 14.7 Å². The van der Waals surface area contributed by atoms with Crippen LogP contribution in [0.15, 0.2) is 23.0 Å². The molecule has 1 saturated heterocycles. The molecule has 1 aromatic rings. The molecule has 1 amide bonds. The van der Waals surface area contributed by atoms with Crippen molar-refractivity contribution in [3.63, 3.8) is 0 Å². The van der Waals surface area contributed by atoms with Gasteiger partial charge in [-0.05, 0) is 37.7 Å². The Morgan fingerprint density at radius 2 is 2.00 bits per heavy atom. The van der Waals surface area contributed by atoms with Gasteiger partial charge < -0.3 is 4.90 Å². The minimum absolute atomic E-state index is 0.00502. The first-order valence-electron chi connectivity index (χ1n) is 8.24. The fourth-order valence-electron chi connectivity index (χ4n) is 3.76. The summed E-state index contributed by atoms with van der Waals surface area (Å²) in [4.78, 5) is 26.3. The van der Waals surface area contributed by atoms with E-state index in [9.17, 15) is 9.59 Å². The SMILES string of the molecule is O=C(C1CC=CC1)N1CC(Cn2nc3c(cc2=O)CCC3)C1. The summed E-state index contributed by atoms with van der Waals surface area (Å²) < 4.78 is 1.60. The summed E-state index contributed by atoms with van der Waals surface area (Å²) in [5.41, 5.74) is 2.22. The molecule has 1 aliphatic heterocycles. The molecule has 0 saturated carbocycles. The van der Waals surface area contributed by atoms with E-state index in [4.69, 9.17) is 0 Å². The number of aromatic nitrogens is 2. The molecule has 1 aromatic heterocycles. The van der Waals surface area contributed by atoms with Crippen LogP contribution in [0.3, 0.4) is 0 Å². The predicted molar refractivity (Wildman–Crippen MR) is 82.5 cm³/mol. The summed E-state index contributed by atoms with van der Waals surface area (Å²) in [7, 11) is 0. The number of nitrogens with zero attached hydrogens (tertiary/aromatic N) is 3. The number of aryl methyl sites for hydroxylation is 2. The Hall–Kier alpha value is -1.91. The third-order valence-electron chi connectivity index (χ3n) is 5.08. The van der Waals surface area contributed by atoms with Gasteiger partial charge in [-0.2, -0.15) is 5.10 Å². The molecule has 5 nitrogen and oxygen atoms in total. The average molecular weight is 299 g/mol. The van der Waals surface area contributed by atoms with Crippen LogP contribution >= 0.6 is 0 Å². The average Bonchev–Trinajstić information content (AvgIpc) is 3.12. The number of amides is 1. The minimum atomic E-state index is 0.00502. The second-order valence-electron chi connectivity index (χ2n) is 6.74. The topological polar surface area (TPSA) is 55.2 Å². The van der Waals surface area contributed by atoms with Crippen molar-refractivity contribution in [1.29, 1.82) is 0 Å². The van der Waals surface area contributed by atoms with Gasteiger partial charge in [-0.1, -0.05) is 12.2 Å². The summed E-state index contributed by atoms with van der Waals surface area (Å²) in [6, 6.07) is 1.75. The summed E-state index contributed by atoms with van der Waals surface area (Å²) in [6.07, 6.45) is 9.02. The molecule has 0 spiro atoms. The molecule has 0 aromatic carbocycles. The van der Waals surface area contributed by atoms with Gasteiger partial charge >= 0.3 is 0 Å². The quantitative estimate of drug-likeness (QED) is 0.787. The van der Waals surface area contributed by atoms with Crippen LogP contribution in [-0.4, -0.2) is 33.7 Å². The highest BCUT2D eigenvalue weighted by Gasteiger charge is 2.35. The molecule has 2 heterocycles. The molecule has 0 atom stereocenters. The third kappa shape index (κ3) is 2.38. The Morgan fingerprint density at radius 1 is 1.23 bits per heavy atom. The zero-order valence-electron chi connectivity index (χ0n) is 12.7. The van der Waals surface area contributed by atoms with E-state index < -0.39 is 0 Å². The van der Waals surface area contributed by atoms with Gasteiger partial charge in [0.1, 0.15) is 0 Å². The summed E-state index contributed by atoms with van der Waals surface area (Å²) in [6.45, 7) is 2.17. The van der Waals surface area contributed by atoms with Gasteiger partial charge in [-0.3, -0.25) is 9.59 Å². The van der Waals surface area contributed by atoms with Crippen LogP contribution in [-0.2, 0) is 24.2 Å². The normalized spacial score (nSPS) is 21.2. The lowest BCUT2D eigenvalue weighted by atomic mass is 9.96. The van der Waals surface area contributed by atoms with Crippen molar-refractivity contribution in [3.8, 4) is 0 Å². The number of hydrogen-bond donors (Lipinski definition) is 0. The van der Waals surface area contributed by atoms with E-state index in [0.717, 1.165) is 56.5 Å². The number of carbonyl (C=O) groups excluding carboxylic acids is 1. The van der Waals surface area contributed by atoms with E-state index in [0.29, 0.717) is 12.5 Å². The molecule has 0 radical (unpaired) electrons. The van der Waals surface area contributed by atoms with E-state index in [1.165, 1.54) is 0 Å². The van der Waals surface area contributed by atoms with Gasteiger partial charge in [0, 0.05) is 31.0 Å². The zero-order valence-corrected chi connectivity index (χ0v) is 12.7. The Bertz CT molecular complexity index is 678. The second-order valence-corrected chi connectivity index (χ2v) is 6.74. The van der Waals surface area contributed by atoms with Gasteiger partial charge in [0.2, 0.25) is 5.91 Å². The number of allylic oxidation sites excluding steroid dienone is 2. The van der Waals surface area contributed by atoms with Gasteiger partial charge in [0.25, 0.3) is 5.56 Å². The fraction of sp³-hybridized carbons (Fsp3) is 0.588. The zero-order chi connectivity index (χ0) is 15.1. The molecule has 0 bridgehead atoms. The molecule has 0 N–H and O–H groups in total. The Balaban J connectivity index is 1.36. The van der Waals surface area contributed by atoms with Crippen molar-refractivity contribution in [2.24, 2.45) is 11.8 Å². The number of fused-ring (bicyclic) bond motifs is 1. The highest BCUT2D eigenvalue weighted by atomic mass is 16.2. The van der Waals surface area contributed by atoms with E-state index in [2.05, 4.69) is 17.3 Å². The lowest BCUT2D eigenvalue weighted by molar-refractivity contribution is -0.142. The lowest BCUT2D eigenvalue weighted by Crippen LogP contribution is -2.53. The minimum Gasteiger partial charge on any atom is -0.342 e. The van der Waals surface area contributed by atoms with E-state index in [-0.39, 0.29) is 17.4 Å². The van der Waals surface area contributed by atoms with Gasteiger partial charge in [-0.25, -0.2) is 4.68 Å². The summed E-state index contributed by atoms with van der Waals surface area (Å²) >= 11 is 0. The number of carbonyl (C=O) groups is 1. The molecule has 3 aliphatic rings. The van der Waals surface area contributed by atoms with Gasteiger partial charge in [0.05, 0.1) is 12.2 Å².